The first kappa shape index (κ1) is 26.3. The first-order valence-corrected chi connectivity index (χ1v) is 14.5. The summed E-state index contributed by atoms with van der Waals surface area (Å²) in [5.41, 5.74) is 4.46. The zero-order valence-corrected chi connectivity index (χ0v) is 23.7. The van der Waals surface area contributed by atoms with Gasteiger partial charge in [0.05, 0.1) is 52.9 Å². The van der Waals surface area contributed by atoms with Crippen LogP contribution in [0, 0.1) is 16.7 Å². The van der Waals surface area contributed by atoms with Gasteiger partial charge in [-0.15, -0.1) is 10.2 Å². The van der Waals surface area contributed by atoms with Crippen LogP contribution in [0.15, 0.2) is 36.7 Å². The molecule has 5 heterocycles. The lowest BCUT2D eigenvalue weighted by Gasteiger charge is -2.38. The summed E-state index contributed by atoms with van der Waals surface area (Å²) >= 11 is 1.62. The van der Waals surface area contributed by atoms with Crippen molar-refractivity contribution < 1.29 is 9.53 Å². The lowest BCUT2D eigenvalue weighted by Crippen LogP contribution is -2.54. The third-order valence-electron chi connectivity index (χ3n) is 7.71. The fourth-order valence-corrected chi connectivity index (χ4v) is 6.38. The fourth-order valence-electron chi connectivity index (χ4n) is 5.34. The van der Waals surface area contributed by atoms with Crippen LogP contribution in [0.25, 0.3) is 27.5 Å². The molecule has 1 aliphatic carbocycles. The third-order valence-corrected chi connectivity index (χ3v) is 8.83. The molecule has 1 saturated heterocycles. The highest BCUT2D eigenvalue weighted by atomic mass is 32.1. The Morgan fingerprint density at radius 2 is 1.98 bits per heavy atom. The van der Waals surface area contributed by atoms with E-state index >= 15 is 0 Å². The molecule has 0 unspecified atom stereocenters. The van der Waals surface area contributed by atoms with E-state index in [2.05, 4.69) is 45.8 Å². The van der Waals surface area contributed by atoms with Gasteiger partial charge >= 0.3 is 0 Å². The number of ether oxygens (including phenoxy) is 1. The number of nitriles is 1. The number of pyridine rings is 1. The Kier molecular flexibility index (Phi) is 6.98. The van der Waals surface area contributed by atoms with Gasteiger partial charge in [0.1, 0.15) is 11.1 Å². The van der Waals surface area contributed by atoms with Gasteiger partial charge in [-0.05, 0) is 70.7 Å². The largest absolute Gasteiger partial charge is 0.382 e. The predicted octanol–water partition coefficient (Wildman–Crippen LogP) is 4.79. The highest BCUT2D eigenvalue weighted by Crippen LogP contribution is 2.39. The Bertz CT molecular complexity index is 1590. The number of nitrogens with one attached hydrogen (secondary N) is 2. The summed E-state index contributed by atoms with van der Waals surface area (Å²) in [6.45, 7) is 7.18. The third kappa shape index (κ3) is 5.05. The van der Waals surface area contributed by atoms with Crippen LogP contribution in [-0.4, -0.2) is 56.0 Å². The van der Waals surface area contributed by atoms with Crippen molar-refractivity contribution in [2.45, 2.75) is 64.5 Å². The van der Waals surface area contributed by atoms with E-state index in [0.717, 1.165) is 63.9 Å². The van der Waals surface area contributed by atoms with Crippen LogP contribution in [0.5, 0.6) is 0 Å². The maximum Gasteiger partial charge on any atom is 0.230 e. The highest BCUT2D eigenvalue weighted by molar-refractivity contribution is 7.14. The molecule has 0 aromatic carbocycles. The summed E-state index contributed by atoms with van der Waals surface area (Å²) in [6.07, 6.45) is 7.24. The number of amides is 1. The summed E-state index contributed by atoms with van der Waals surface area (Å²) < 4.78 is 7.04. The smallest absolute Gasteiger partial charge is 0.230 e. The Morgan fingerprint density at radius 1 is 1.18 bits per heavy atom. The van der Waals surface area contributed by atoms with Crippen molar-refractivity contribution >= 4 is 28.4 Å². The average Bonchev–Trinajstić information content (AvgIpc) is 3.59. The predicted molar refractivity (Wildman–Crippen MR) is 153 cm³/mol. The number of aromatic nitrogens is 5. The topological polar surface area (TPSA) is 130 Å². The maximum atomic E-state index is 12.6. The van der Waals surface area contributed by atoms with E-state index in [4.69, 9.17) is 9.72 Å². The van der Waals surface area contributed by atoms with Crippen molar-refractivity contribution in [2.75, 3.05) is 18.5 Å². The summed E-state index contributed by atoms with van der Waals surface area (Å²) in [4.78, 5) is 17.4. The molecule has 1 amide bonds. The van der Waals surface area contributed by atoms with E-state index in [1.165, 1.54) is 0 Å². The Labute approximate surface area is 236 Å². The first-order chi connectivity index (χ1) is 19.3. The van der Waals surface area contributed by atoms with Crippen molar-refractivity contribution in [3.63, 3.8) is 0 Å². The van der Waals surface area contributed by atoms with Crippen LogP contribution in [0.3, 0.4) is 0 Å². The van der Waals surface area contributed by atoms with Crippen LogP contribution in [-0.2, 0) is 9.53 Å². The number of anilines is 1. The van der Waals surface area contributed by atoms with Gasteiger partial charge in [-0.25, -0.2) is 4.52 Å². The van der Waals surface area contributed by atoms with Gasteiger partial charge in [0, 0.05) is 29.9 Å². The molecule has 1 aliphatic heterocycles. The van der Waals surface area contributed by atoms with E-state index in [1.54, 1.807) is 22.0 Å². The van der Waals surface area contributed by atoms with E-state index in [9.17, 15) is 10.1 Å². The highest BCUT2D eigenvalue weighted by Gasteiger charge is 2.42. The van der Waals surface area contributed by atoms with Crippen molar-refractivity contribution in [1.82, 2.24) is 30.1 Å². The van der Waals surface area contributed by atoms with Crippen LogP contribution >= 0.6 is 11.3 Å². The molecule has 0 radical (unpaired) electrons. The number of carbonyl (C=O) groups excluding carboxylic acids is 1. The molecule has 206 valence electrons. The number of rotatable bonds is 7. The molecular weight excluding hydrogens is 524 g/mol. The number of hydrogen-bond donors (Lipinski definition) is 2. The van der Waals surface area contributed by atoms with Crippen molar-refractivity contribution in [3.05, 3.63) is 47.2 Å². The molecule has 2 fully saturated rings. The van der Waals surface area contributed by atoms with E-state index < -0.39 is 0 Å². The minimum Gasteiger partial charge on any atom is -0.382 e. The zero-order chi connectivity index (χ0) is 27.9. The molecule has 6 rings (SSSR count). The molecule has 0 bridgehead atoms. The molecule has 2 aliphatic rings. The second kappa shape index (κ2) is 10.6. The average molecular weight is 557 g/mol. The molecule has 11 heteroatoms. The monoisotopic (exact) mass is 556 g/mol. The number of fused-ring (bicyclic) bond motifs is 1. The second-order valence-electron chi connectivity index (χ2n) is 11.3. The first-order valence-electron chi connectivity index (χ1n) is 13.7. The van der Waals surface area contributed by atoms with Crippen molar-refractivity contribution in [1.29, 1.82) is 5.26 Å². The molecule has 4 aromatic heterocycles. The van der Waals surface area contributed by atoms with Gasteiger partial charge in [0.2, 0.25) is 5.91 Å². The van der Waals surface area contributed by atoms with Crippen molar-refractivity contribution in [2.24, 2.45) is 5.41 Å². The van der Waals surface area contributed by atoms with Crippen LogP contribution in [0.1, 0.15) is 62.9 Å². The number of carbonyl (C=O) groups is 1. The van der Waals surface area contributed by atoms with Crippen LogP contribution < -0.4 is 10.6 Å². The molecule has 10 nitrogen and oxygen atoms in total. The SMILES string of the molecule is CC(C)Nc1cc(-c2ccc3cc(C#N)cnn23)ncc1-c1nnc(C2CCC(NC(=O)C3(C)COC3)CC2)s1. The minimum absolute atomic E-state index is 0.109. The van der Waals surface area contributed by atoms with Gasteiger partial charge in [-0.3, -0.25) is 9.78 Å². The molecule has 0 spiro atoms. The van der Waals surface area contributed by atoms with Crippen LogP contribution in [0.2, 0.25) is 0 Å². The summed E-state index contributed by atoms with van der Waals surface area (Å²) in [6, 6.07) is 10.3. The van der Waals surface area contributed by atoms with Gasteiger partial charge < -0.3 is 15.4 Å². The van der Waals surface area contributed by atoms with Gasteiger partial charge in [0.25, 0.3) is 0 Å². The Hall–Kier alpha value is -3.88. The normalized spacial score (nSPS) is 20.2. The number of hydrogen-bond acceptors (Lipinski definition) is 9. The summed E-state index contributed by atoms with van der Waals surface area (Å²) in [5.74, 6) is 0.449. The quantitative estimate of drug-likeness (QED) is 0.332. The summed E-state index contributed by atoms with van der Waals surface area (Å²) in [7, 11) is 0. The lowest BCUT2D eigenvalue weighted by molar-refractivity contribution is -0.158. The molecule has 4 aromatic rings. The maximum absolute atomic E-state index is 12.6. The van der Waals surface area contributed by atoms with E-state index in [-0.39, 0.29) is 23.4 Å². The molecule has 1 saturated carbocycles. The molecule has 0 atom stereocenters. The van der Waals surface area contributed by atoms with Gasteiger partial charge in [-0.1, -0.05) is 11.3 Å². The van der Waals surface area contributed by atoms with Crippen LogP contribution in [0.4, 0.5) is 5.69 Å². The molecule has 2 N–H and O–H groups in total. The van der Waals surface area contributed by atoms with E-state index in [1.807, 2.05) is 37.4 Å². The van der Waals surface area contributed by atoms with E-state index in [0.29, 0.717) is 24.7 Å². The van der Waals surface area contributed by atoms with Gasteiger partial charge in [0.15, 0.2) is 5.01 Å². The fraction of sp³-hybridized carbons (Fsp3) is 0.448. The second-order valence-corrected chi connectivity index (χ2v) is 12.4. The standard InChI is InChI=1S/C29H32N8O2S/c1-17(2)33-23-11-24(25-9-8-21-10-18(12-30)13-32-37(21)25)31-14-22(23)27-36-35-26(40-27)19-4-6-20(7-5-19)34-28(38)29(3)15-39-16-29/h8-11,13-14,17,19-20H,4-7,15-16H2,1-3H3,(H,31,33)(H,34,38). The Balaban J connectivity index is 1.19. The molecule has 40 heavy (non-hydrogen) atoms. The van der Waals surface area contributed by atoms with Gasteiger partial charge in [-0.2, -0.15) is 10.4 Å². The zero-order valence-electron chi connectivity index (χ0n) is 22.8. The Morgan fingerprint density at radius 3 is 2.67 bits per heavy atom. The molecular formula is C29H32N8O2S. The van der Waals surface area contributed by atoms with Crippen molar-refractivity contribution in [3.8, 4) is 28.0 Å². The number of nitrogens with zero attached hydrogens (tertiary/aromatic N) is 6. The lowest BCUT2D eigenvalue weighted by atomic mass is 9.84. The summed E-state index contributed by atoms with van der Waals surface area (Å²) in [5, 5.41) is 31.4. The minimum atomic E-state index is -0.373.